The molecule has 1 atom stereocenters. The molecule has 0 bridgehead atoms. The summed E-state index contributed by atoms with van der Waals surface area (Å²) < 4.78 is 10.8. The minimum atomic E-state index is 0.340. The van der Waals surface area contributed by atoms with Crippen molar-refractivity contribution in [3.8, 4) is 5.88 Å². The Labute approximate surface area is 296 Å². The maximum atomic E-state index is 11.0. The third-order valence-electron chi connectivity index (χ3n) is 8.53. The van der Waals surface area contributed by atoms with Gasteiger partial charge in [-0.25, -0.2) is 9.97 Å². The predicted molar refractivity (Wildman–Crippen MR) is 198 cm³/mol. The van der Waals surface area contributed by atoms with Gasteiger partial charge in [0.1, 0.15) is 18.7 Å². The molecule has 0 aliphatic carbocycles. The number of carbonyl (C=O) groups is 1. The lowest BCUT2D eigenvalue weighted by Crippen LogP contribution is -2.28. The summed E-state index contributed by atoms with van der Waals surface area (Å²) >= 11 is 5.88. The number of H-pyrrole nitrogens is 2. The Balaban J connectivity index is 0.000000207. The van der Waals surface area contributed by atoms with Crippen LogP contribution in [0.4, 0.5) is 5.69 Å². The number of aromatic amines is 2. The van der Waals surface area contributed by atoms with E-state index in [-0.39, 0.29) is 0 Å². The monoisotopic (exact) mass is 692 g/mol. The van der Waals surface area contributed by atoms with Crippen LogP contribution in [0.2, 0.25) is 5.02 Å². The van der Waals surface area contributed by atoms with Crippen LogP contribution in [0.5, 0.6) is 5.88 Å². The van der Waals surface area contributed by atoms with Crippen LogP contribution in [0, 0.1) is 6.92 Å². The zero-order valence-corrected chi connectivity index (χ0v) is 29.2. The number of pyridine rings is 2. The number of nitrogens with one attached hydrogen (secondary N) is 3. The summed E-state index contributed by atoms with van der Waals surface area (Å²) in [5.41, 5.74) is 8.60. The van der Waals surface area contributed by atoms with Crippen molar-refractivity contribution in [2.45, 2.75) is 45.9 Å². The predicted octanol–water partition coefficient (Wildman–Crippen LogP) is 7.40. The Bertz CT molecular complexity index is 2070. The molecule has 12 heteroatoms. The van der Waals surface area contributed by atoms with E-state index in [0.29, 0.717) is 29.2 Å². The second-order valence-electron chi connectivity index (χ2n) is 12.2. The number of aryl methyl sites for hydroxylation is 1. The normalized spacial score (nSPS) is 15.6. The summed E-state index contributed by atoms with van der Waals surface area (Å²) in [6, 6.07) is 21.1. The Morgan fingerprint density at radius 2 is 1.94 bits per heavy atom. The summed E-state index contributed by atoms with van der Waals surface area (Å²) in [6.07, 6.45) is 7.39. The minimum Gasteiger partial charge on any atom is -0.471 e. The summed E-state index contributed by atoms with van der Waals surface area (Å²) in [6.45, 7) is 7.88. The molecule has 50 heavy (non-hydrogen) atoms. The fraction of sp³-hybridized carbons (Fsp3) is 0.289. The van der Waals surface area contributed by atoms with E-state index in [1.165, 1.54) is 17.4 Å². The third kappa shape index (κ3) is 9.12. The van der Waals surface area contributed by atoms with E-state index >= 15 is 0 Å². The number of nitrogens with zero attached hydrogens (tertiary/aromatic N) is 5. The molecule has 2 aromatic carbocycles. The second-order valence-corrected chi connectivity index (χ2v) is 12.6. The van der Waals surface area contributed by atoms with Crippen LogP contribution in [0.1, 0.15) is 53.0 Å². The lowest BCUT2D eigenvalue weighted by molar-refractivity contribution is -0.0375. The number of aromatic nitrogens is 6. The summed E-state index contributed by atoms with van der Waals surface area (Å²) in [7, 11) is 1.91. The molecule has 0 unspecified atom stereocenters. The van der Waals surface area contributed by atoms with Gasteiger partial charge in [-0.15, -0.1) is 0 Å². The van der Waals surface area contributed by atoms with Crippen LogP contribution in [-0.2, 0) is 17.9 Å². The molecule has 0 radical (unpaired) electrons. The number of halogens is 1. The lowest BCUT2D eigenvalue weighted by Gasteiger charge is -2.25. The van der Waals surface area contributed by atoms with Gasteiger partial charge in [0.05, 0.1) is 45.6 Å². The first-order valence-electron chi connectivity index (χ1n) is 16.7. The van der Waals surface area contributed by atoms with E-state index in [2.05, 4.69) is 59.4 Å². The van der Waals surface area contributed by atoms with Crippen molar-refractivity contribution in [3.63, 3.8) is 0 Å². The zero-order chi connectivity index (χ0) is 34.9. The molecule has 2 aliphatic heterocycles. The highest BCUT2D eigenvalue weighted by Gasteiger charge is 2.16. The number of fused-ring (bicyclic) bond motifs is 2. The fourth-order valence-electron chi connectivity index (χ4n) is 5.49. The number of anilines is 1. The first-order valence-corrected chi connectivity index (χ1v) is 17.0. The SMILES string of the molecule is CNc1ccc2n[nH]c(C)c2c1.C[C@@H]1CCO1.O=Cc1ccc2nc(CN3CC=C(c4cccc(OCc5ccc(Cl)cn5)n4)CC3)[nH]c2c1. The number of rotatable bonds is 8. The number of imidazole rings is 1. The summed E-state index contributed by atoms with van der Waals surface area (Å²) in [4.78, 5) is 30.2. The van der Waals surface area contributed by atoms with Gasteiger partial charge in [0.15, 0.2) is 0 Å². The van der Waals surface area contributed by atoms with Gasteiger partial charge in [-0.3, -0.25) is 19.8 Å². The smallest absolute Gasteiger partial charge is 0.214 e. The van der Waals surface area contributed by atoms with Crippen molar-refractivity contribution < 1.29 is 14.3 Å². The molecule has 11 nitrogen and oxygen atoms in total. The van der Waals surface area contributed by atoms with Crippen molar-refractivity contribution >= 4 is 51.1 Å². The average molecular weight is 693 g/mol. The second kappa shape index (κ2) is 16.5. The Morgan fingerprint density at radius 1 is 1.10 bits per heavy atom. The molecule has 0 spiro atoms. The first-order chi connectivity index (χ1) is 24.4. The van der Waals surface area contributed by atoms with Crippen LogP contribution in [0.25, 0.3) is 27.5 Å². The standard InChI is InChI=1S/C25H22ClN5O2.C9H11N3.C4H8O/c26-19-5-6-20(27-13-19)16-33-25-3-1-2-21(30-25)18-8-10-31(11-9-18)14-24-28-22-7-4-17(15-32)12-23(22)29-24;1-6-8-5-7(10-2)3-4-9(8)12-11-6;1-4-2-3-5-4/h1-8,12-13,15H,9-11,14,16H2,(H,28,29);3-5,10H,1-2H3,(H,11,12);4H,2-3H2,1H3/t;;4-/m..1/s1. The van der Waals surface area contributed by atoms with Gasteiger partial charge in [-0.05, 0) is 86.9 Å². The van der Waals surface area contributed by atoms with E-state index in [1.54, 1.807) is 18.3 Å². The Morgan fingerprint density at radius 3 is 2.64 bits per heavy atom. The van der Waals surface area contributed by atoms with Gasteiger partial charge in [0.2, 0.25) is 5.88 Å². The summed E-state index contributed by atoms with van der Waals surface area (Å²) in [5.74, 6) is 1.47. The maximum absolute atomic E-state index is 11.0. The molecule has 258 valence electrons. The van der Waals surface area contributed by atoms with Gasteiger partial charge in [0, 0.05) is 61.3 Å². The maximum Gasteiger partial charge on any atom is 0.214 e. The summed E-state index contributed by atoms with van der Waals surface area (Å²) in [5, 5.41) is 12.0. The van der Waals surface area contributed by atoms with Gasteiger partial charge in [0.25, 0.3) is 0 Å². The van der Waals surface area contributed by atoms with E-state index in [1.807, 2.05) is 62.5 Å². The van der Waals surface area contributed by atoms with Crippen molar-refractivity contribution in [2.24, 2.45) is 0 Å². The molecular weight excluding hydrogens is 652 g/mol. The number of hydrogen-bond acceptors (Lipinski definition) is 9. The van der Waals surface area contributed by atoms with Crippen molar-refractivity contribution in [1.29, 1.82) is 0 Å². The molecular formula is C38H41ClN8O3. The lowest BCUT2D eigenvalue weighted by atomic mass is 10.0. The highest BCUT2D eigenvalue weighted by Crippen LogP contribution is 2.24. The topological polar surface area (TPSA) is 134 Å². The molecule has 4 aromatic heterocycles. The Kier molecular flexibility index (Phi) is 11.5. The van der Waals surface area contributed by atoms with Crippen LogP contribution in [0.3, 0.4) is 0 Å². The first kappa shape index (κ1) is 34.8. The Hall–Kier alpha value is -5.10. The number of aldehydes is 1. The van der Waals surface area contributed by atoms with E-state index in [0.717, 1.165) is 84.1 Å². The van der Waals surface area contributed by atoms with E-state index in [4.69, 9.17) is 21.1 Å². The highest BCUT2D eigenvalue weighted by atomic mass is 35.5. The number of ether oxygens (including phenoxy) is 2. The highest BCUT2D eigenvalue weighted by molar-refractivity contribution is 6.30. The van der Waals surface area contributed by atoms with Crippen LogP contribution in [-0.4, -0.2) is 74.2 Å². The van der Waals surface area contributed by atoms with Crippen LogP contribution >= 0.6 is 11.6 Å². The molecule has 1 fully saturated rings. The third-order valence-corrected chi connectivity index (χ3v) is 8.75. The van der Waals surface area contributed by atoms with Crippen molar-refractivity contribution in [1.82, 2.24) is 35.0 Å². The number of hydrogen-bond donors (Lipinski definition) is 3. The van der Waals surface area contributed by atoms with Crippen molar-refractivity contribution in [3.05, 3.63) is 112 Å². The molecule has 2 aliphatic rings. The molecule has 6 heterocycles. The zero-order valence-electron chi connectivity index (χ0n) is 28.4. The molecule has 3 N–H and O–H groups in total. The van der Waals surface area contributed by atoms with Gasteiger partial charge in [-0.2, -0.15) is 5.10 Å². The van der Waals surface area contributed by atoms with Gasteiger partial charge >= 0.3 is 0 Å². The van der Waals surface area contributed by atoms with E-state index in [9.17, 15) is 4.79 Å². The van der Waals surface area contributed by atoms with Gasteiger partial charge < -0.3 is 19.8 Å². The molecule has 0 amide bonds. The van der Waals surface area contributed by atoms with Crippen LogP contribution < -0.4 is 10.1 Å². The van der Waals surface area contributed by atoms with Crippen molar-refractivity contribution in [2.75, 3.05) is 32.1 Å². The van der Waals surface area contributed by atoms with Gasteiger partial charge in [-0.1, -0.05) is 23.7 Å². The molecule has 0 saturated carbocycles. The average Bonchev–Trinajstić information content (AvgIpc) is 3.72. The van der Waals surface area contributed by atoms with E-state index < -0.39 is 0 Å². The molecule has 6 aromatic rings. The number of benzene rings is 2. The molecule has 1 saturated heterocycles. The van der Waals surface area contributed by atoms with Crippen LogP contribution in [0.15, 0.2) is 79.0 Å². The number of carbonyl (C=O) groups excluding carboxylic acids is 1. The molecule has 8 rings (SSSR count). The largest absolute Gasteiger partial charge is 0.471 e. The quantitative estimate of drug-likeness (QED) is 0.140. The fourth-order valence-corrected chi connectivity index (χ4v) is 5.60. The minimum absolute atomic E-state index is 0.340.